The molecular weight excluding hydrogens is 381 g/mol. The van der Waals surface area contributed by atoms with Crippen molar-refractivity contribution in [2.75, 3.05) is 36.5 Å². The van der Waals surface area contributed by atoms with E-state index in [-0.39, 0.29) is 16.3 Å². The zero-order valence-corrected chi connectivity index (χ0v) is 15.1. The number of nitrogens with one attached hydrogen (secondary N) is 1. The number of nitrogens with zero attached hydrogens (tertiary/aromatic N) is 2. The number of benzene rings is 2. The van der Waals surface area contributed by atoms with Gasteiger partial charge in [0.2, 0.25) is 0 Å². The van der Waals surface area contributed by atoms with E-state index in [9.17, 15) is 14.9 Å². The molecule has 26 heavy (non-hydrogen) atoms. The molecule has 136 valence electrons. The van der Waals surface area contributed by atoms with Crippen molar-refractivity contribution in [3.05, 3.63) is 62.1 Å². The molecule has 2 aromatic carbocycles. The van der Waals surface area contributed by atoms with Gasteiger partial charge in [0.05, 0.1) is 28.7 Å². The summed E-state index contributed by atoms with van der Waals surface area (Å²) >= 11 is 11.9. The molecule has 3 rings (SSSR count). The Hall–Kier alpha value is -2.35. The van der Waals surface area contributed by atoms with Crippen molar-refractivity contribution in [3.63, 3.8) is 0 Å². The van der Waals surface area contributed by atoms with E-state index in [1.54, 1.807) is 18.2 Å². The van der Waals surface area contributed by atoms with Gasteiger partial charge in [-0.05, 0) is 30.3 Å². The number of amides is 1. The van der Waals surface area contributed by atoms with Gasteiger partial charge in [-0.3, -0.25) is 14.9 Å². The van der Waals surface area contributed by atoms with Crippen LogP contribution in [-0.4, -0.2) is 37.1 Å². The van der Waals surface area contributed by atoms with Gasteiger partial charge in [0, 0.05) is 29.9 Å². The maximum atomic E-state index is 12.4. The second-order valence-corrected chi connectivity index (χ2v) is 6.48. The predicted octanol–water partition coefficient (Wildman–Crippen LogP) is 3.99. The van der Waals surface area contributed by atoms with Crippen LogP contribution in [0.25, 0.3) is 0 Å². The minimum absolute atomic E-state index is 0.0816. The lowest BCUT2D eigenvalue weighted by molar-refractivity contribution is -0.384. The summed E-state index contributed by atoms with van der Waals surface area (Å²) in [4.78, 5) is 25.3. The first-order chi connectivity index (χ1) is 12.5. The lowest BCUT2D eigenvalue weighted by Crippen LogP contribution is -2.36. The highest BCUT2D eigenvalue weighted by Crippen LogP contribution is 2.32. The monoisotopic (exact) mass is 395 g/mol. The molecule has 9 heteroatoms. The highest BCUT2D eigenvalue weighted by molar-refractivity contribution is 6.36. The first-order valence-electron chi connectivity index (χ1n) is 7.83. The van der Waals surface area contributed by atoms with Gasteiger partial charge in [-0.25, -0.2) is 0 Å². The molecule has 1 heterocycles. The quantitative estimate of drug-likeness (QED) is 0.624. The second kappa shape index (κ2) is 7.90. The van der Waals surface area contributed by atoms with Crippen molar-refractivity contribution in [2.45, 2.75) is 0 Å². The van der Waals surface area contributed by atoms with E-state index < -0.39 is 10.8 Å². The van der Waals surface area contributed by atoms with E-state index in [0.29, 0.717) is 42.7 Å². The molecular formula is C17H15Cl2N3O4. The van der Waals surface area contributed by atoms with Crippen molar-refractivity contribution in [1.29, 1.82) is 0 Å². The summed E-state index contributed by atoms with van der Waals surface area (Å²) in [6, 6.07) is 9.11. The molecule has 0 atom stereocenters. The van der Waals surface area contributed by atoms with E-state index in [1.807, 2.05) is 4.90 Å². The molecule has 1 aliphatic heterocycles. The van der Waals surface area contributed by atoms with Crippen LogP contribution < -0.4 is 10.2 Å². The van der Waals surface area contributed by atoms with E-state index >= 15 is 0 Å². The maximum absolute atomic E-state index is 12.4. The number of nitro benzene ring substituents is 1. The first kappa shape index (κ1) is 18.4. The Bertz CT molecular complexity index is 854. The number of carbonyl (C=O) groups excluding carboxylic acids is 1. The zero-order valence-electron chi connectivity index (χ0n) is 13.6. The van der Waals surface area contributed by atoms with Gasteiger partial charge in [0.1, 0.15) is 5.69 Å². The largest absolute Gasteiger partial charge is 0.378 e. The van der Waals surface area contributed by atoms with Crippen LogP contribution in [0.15, 0.2) is 36.4 Å². The third-order valence-corrected chi connectivity index (χ3v) is 4.52. The van der Waals surface area contributed by atoms with Gasteiger partial charge < -0.3 is 15.0 Å². The van der Waals surface area contributed by atoms with Gasteiger partial charge in [-0.1, -0.05) is 23.2 Å². The fourth-order valence-electron chi connectivity index (χ4n) is 2.69. The van der Waals surface area contributed by atoms with Gasteiger partial charge in [0.25, 0.3) is 11.6 Å². The van der Waals surface area contributed by atoms with Crippen molar-refractivity contribution < 1.29 is 14.5 Å². The van der Waals surface area contributed by atoms with Gasteiger partial charge in [0.15, 0.2) is 0 Å². The van der Waals surface area contributed by atoms with Crippen molar-refractivity contribution in [2.24, 2.45) is 0 Å². The van der Waals surface area contributed by atoms with Gasteiger partial charge in [-0.15, -0.1) is 0 Å². The number of hydrogen-bond donors (Lipinski definition) is 1. The number of ether oxygens (including phenoxy) is 1. The van der Waals surface area contributed by atoms with E-state index in [1.165, 1.54) is 18.2 Å². The topological polar surface area (TPSA) is 84.7 Å². The summed E-state index contributed by atoms with van der Waals surface area (Å²) in [5.74, 6) is -0.495. The lowest BCUT2D eigenvalue weighted by Gasteiger charge is -2.28. The Morgan fingerprint density at radius 2 is 1.88 bits per heavy atom. The minimum Gasteiger partial charge on any atom is -0.378 e. The van der Waals surface area contributed by atoms with Crippen LogP contribution in [0.1, 0.15) is 10.4 Å². The van der Waals surface area contributed by atoms with E-state index in [0.717, 1.165) is 0 Å². The Labute approximate surface area is 159 Å². The number of nitro groups is 1. The molecule has 1 fully saturated rings. The van der Waals surface area contributed by atoms with Crippen LogP contribution in [0.3, 0.4) is 0 Å². The molecule has 1 saturated heterocycles. The fraction of sp³-hybridized carbons (Fsp3) is 0.235. The molecule has 1 N–H and O–H groups in total. The van der Waals surface area contributed by atoms with Crippen molar-refractivity contribution in [1.82, 2.24) is 0 Å². The Morgan fingerprint density at radius 3 is 2.58 bits per heavy atom. The van der Waals surface area contributed by atoms with Crippen molar-refractivity contribution in [3.8, 4) is 0 Å². The Kier molecular flexibility index (Phi) is 5.61. The first-order valence-corrected chi connectivity index (χ1v) is 8.59. The van der Waals surface area contributed by atoms with E-state index in [4.69, 9.17) is 27.9 Å². The van der Waals surface area contributed by atoms with Crippen LogP contribution >= 0.6 is 23.2 Å². The standard InChI is InChI=1S/C17H15Cl2N3O4/c18-11-1-3-14(19)13(9-11)17(23)20-12-2-4-15(16(10-12)22(24)25)21-5-7-26-8-6-21/h1-4,9-10H,5-8H2,(H,20,23). The molecule has 1 amide bonds. The third-order valence-electron chi connectivity index (χ3n) is 3.95. The van der Waals surface area contributed by atoms with Crippen LogP contribution in [0, 0.1) is 10.1 Å². The van der Waals surface area contributed by atoms with E-state index in [2.05, 4.69) is 5.32 Å². The minimum atomic E-state index is -0.495. The molecule has 2 aromatic rings. The molecule has 7 nitrogen and oxygen atoms in total. The molecule has 0 bridgehead atoms. The number of anilines is 2. The van der Waals surface area contributed by atoms with Gasteiger partial charge >= 0.3 is 0 Å². The Morgan fingerprint density at radius 1 is 1.15 bits per heavy atom. The lowest BCUT2D eigenvalue weighted by atomic mass is 10.1. The molecule has 0 spiro atoms. The summed E-state index contributed by atoms with van der Waals surface area (Å²) in [6.45, 7) is 2.18. The summed E-state index contributed by atoms with van der Waals surface area (Å²) < 4.78 is 5.28. The number of morpholine rings is 1. The second-order valence-electron chi connectivity index (χ2n) is 5.64. The predicted molar refractivity (Wildman–Crippen MR) is 101 cm³/mol. The van der Waals surface area contributed by atoms with Crippen molar-refractivity contribution >= 4 is 46.2 Å². The molecule has 0 saturated carbocycles. The number of hydrogen-bond acceptors (Lipinski definition) is 5. The average molecular weight is 396 g/mol. The highest BCUT2D eigenvalue weighted by atomic mass is 35.5. The molecule has 0 unspecified atom stereocenters. The fourth-order valence-corrected chi connectivity index (χ4v) is 3.06. The zero-order chi connectivity index (χ0) is 18.7. The Balaban J connectivity index is 1.86. The SMILES string of the molecule is O=C(Nc1ccc(N2CCOCC2)c([N+](=O)[O-])c1)c1cc(Cl)ccc1Cl. The molecule has 0 aliphatic carbocycles. The molecule has 0 aromatic heterocycles. The maximum Gasteiger partial charge on any atom is 0.294 e. The van der Waals surface area contributed by atoms with Crippen LogP contribution in [0.2, 0.25) is 10.0 Å². The molecule has 1 aliphatic rings. The smallest absolute Gasteiger partial charge is 0.294 e. The normalized spacial score (nSPS) is 14.2. The summed E-state index contributed by atoms with van der Waals surface area (Å²) in [5, 5.41) is 14.7. The van der Waals surface area contributed by atoms with Crippen LogP contribution in [0.4, 0.5) is 17.1 Å². The number of halogens is 2. The summed E-state index contributed by atoms with van der Waals surface area (Å²) in [5.41, 5.74) is 0.910. The van der Waals surface area contributed by atoms with Gasteiger partial charge in [-0.2, -0.15) is 0 Å². The number of rotatable bonds is 4. The summed E-state index contributed by atoms with van der Waals surface area (Å²) in [6.07, 6.45) is 0. The highest BCUT2D eigenvalue weighted by Gasteiger charge is 2.22. The van der Waals surface area contributed by atoms with Crippen LogP contribution in [-0.2, 0) is 4.74 Å². The summed E-state index contributed by atoms with van der Waals surface area (Å²) in [7, 11) is 0. The number of carbonyl (C=O) groups is 1. The van der Waals surface area contributed by atoms with Crippen LogP contribution in [0.5, 0.6) is 0 Å². The molecule has 0 radical (unpaired) electrons. The average Bonchev–Trinajstić information content (AvgIpc) is 2.64. The third kappa shape index (κ3) is 4.07.